The summed E-state index contributed by atoms with van der Waals surface area (Å²) >= 11 is 3.59. The smallest absolute Gasteiger partial charge is 0.0591 e. The van der Waals surface area contributed by atoms with Crippen LogP contribution in [0.1, 0.15) is 11.1 Å². The van der Waals surface area contributed by atoms with Crippen molar-refractivity contribution in [1.82, 2.24) is 4.57 Å². The van der Waals surface area contributed by atoms with E-state index in [0.717, 1.165) is 16.6 Å². The Kier molecular flexibility index (Phi) is 3.46. The number of halogens is 1. The van der Waals surface area contributed by atoms with Gasteiger partial charge in [-0.15, -0.1) is 0 Å². The van der Waals surface area contributed by atoms with E-state index in [1.54, 1.807) is 0 Å². The lowest BCUT2D eigenvalue weighted by atomic mass is 10.2. The van der Waals surface area contributed by atoms with E-state index >= 15 is 0 Å². The first-order chi connectivity index (χ1) is 7.70. The Hall–Kier alpha value is -1.06. The maximum Gasteiger partial charge on any atom is 0.0591 e. The molecule has 0 fully saturated rings. The molecule has 0 bridgehead atoms. The summed E-state index contributed by atoms with van der Waals surface area (Å²) < 4.78 is 3.23. The van der Waals surface area contributed by atoms with Crippen molar-refractivity contribution in [3.63, 3.8) is 0 Å². The van der Waals surface area contributed by atoms with Gasteiger partial charge in [0.1, 0.15) is 0 Å². The van der Waals surface area contributed by atoms with Crippen LogP contribution in [0.15, 0.2) is 41.1 Å². The minimum absolute atomic E-state index is 0.694. The molecule has 3 heteroatoms. The second-order valence-corrected chi connectivity index (χ2v) is 4.77. The molecule has 1 aromatic heterocycles. The zero-order valence-electron chi connectivity index (χ0n) is 9.28. The van der Waals surface area contributed by atoms with Crippen molar-refractivity contribution in [2.24, 2.45) is 5.73 Å². The Balaban J connectivity index is 2.35. The molecule has 2 N–H and O–H groups in total. The van der Waals surface area contributed by atoms with Crippen molar-refractivity contribution in [2.45, 2.75) is 13.3 Å². The van der Waals surface area contributed by atoms with E-state index in [4.69, 9.17) is 5.73 Å². The third-order valence-corrected chi connectivity index (χ3v) is 3.20. The van der Waals surface area contributed by atoms with Crippen LogP contribution in [0.4, 0.5) is 0 Å². The molecule has 2 aromatic rings. The van der Waals surface area contributed by atoms with Gasteiger partial charge in [-0.05, 0) is 65.1 Å². The Morgan fingerprint density at radius 2 is 2.12 bits per heavy atom. The topological polar surface area (TPSA) is 30.9 Å². The number of hydrogen-bond donors (Lipinski definition) is 1. The number of aryl methyl sites for hydroxylation is 1. The predicted octanol–water partition coefficient (Wildman–Crippen LogP) is 3.05. The largest absolute Gasteiger partial charge is 0.330 e. The summed E-state index contributed by atoms with van der Waals surface area (Å²) in [7, 11) is 0. The van der Waals surface area contributed by atoms with Crippen molar-refractivity contribution in [3.05, 3.63) is 52.3 Å². The fraction of sp³-hybridized carbons (Fsp3) is 0.231. The molecule has 0 unspecified atom stereocenters. The Morgan fingerprint density at radius 1 is 1.31 bits per heavy atom. The van der Waals surface area contributed by atoms with Crippen molar-refractivity contribution >= 4 is 15.9 Å². The van der Waals surface area contributed by atoms with Crippen LogP contribution in [0.3, 0.4) is 0 Å². The van der Waals surface area contributed by atoms with Gasteiger partial charge in [-0.2, -0.15) is 0 Å². The Morgan fingerprint density at radius 3 is 2.81 bits per heavy atom. The molecule has 84 valence electrons. The van der Waals surface area contributed by atoms with Crippen molar-refractivity contribution in [1.29, 1.82) is 0 Å². The lowest BCUT2D eigenvalue weighted by Crippen LogP contribution is -2.01. The molecule has 1 heterocycles. The van der Waals surface area contributed by atoms with E-state index in [0.29, 0.717) is 6.54 Å². The number of nitrogens with two attached hydrogens (primary N) is 1. The summed E-state index contributed by atoms with van der Waals surface area (Å²) in [6.07, 6.45) is 5.12. The molecule has 0 aliphatic carbocycles. The summed E-state index contributed by atoms with van der Waals surface area (Å²) in [4.78, 5) is 0. The van der Waals surface area contributed by atoms with Gasteiger partial charge < -0.3 is 10.3 Å². The van der Waals surface area contributed by atoms with Crippen LogP contribution < -0.4 is 5.73 Å². The monoisotopic (exact) mass is 278 g/mol. The second kappa shape index (κ2) is 4.85. The fourth-order valence-electron chi connectivity index (χ4n) is 1.73. The van der Waals surface area contributed by atoms with E-state index in [1.165, 1.54) is 11.1 Å². The first-order valence-electron chi connectivity index (χ1n) is 5.34. The molecule has 0 aliphatic heterocycles. The highest BCUT2D eigenvalue weighted by atomic mass is 79.9. The van der Waals surface area contributed by atoms with Gasteiger partial charge in [-0.1, -0.05) is 6.07 Å². The van der Waals surface area contributed by atoms with Gasteiger partial charge in [0.15, 0.2) is 0 Å². The number of rotatable bonds is 3. The summed E-state index contributed by atoms with van der Waals surface area (Å²) in [6, 6.07) is 8.46. The average Bonchev–Trinajstić information content (AvgIpc) is 2.67. The minimum Gasteiger partial charge on any atom is -0.330 e. The maximum atomic E-state index is 5.54. The lowest BCUT2D eigenvalue weighted by Gasteiger charge is -2.06. The molecule has 2 rings (SSSR count). The molecule has 2 nitrogen and oxygen atoms in total. The van der Waals surface area contributed by atoms with Crippen LogP contribution in [0.5, 0.6) is 0 Å². The fourth-order valence-corrected chi connectivity index (χ4v) is 2.42. The molecule has 0 aliphatic rings. The predicted molar refractivity (Wildman–Crippen MR) is 71.0 cm³/mol. The maximum absolute atomic E-state index is 5.54. The molecular weight excluding hydrogens is 264 g/mol. The van der Waals surface area contributed by atoms with Gasteiger partial charge in [0.25, 0.3) is 0 Å². The SMILES string of the molecule is Cc1ccc(-n2ccc(CCN)c2)c(Br)c1. The van der Waals surface area contributed by atoms with Crippen LogP contribution in [-0.2, 0) is 6.42 Å². The summed E-state index contributed by atoms with van der Waals surface area (Å²) in [5.74, 6) is 0. The Bertz CT molecular complexity index is 488. The third-order valence-electron chi connectivity index (χ3n) is 2.57. The first-order valence-corrected chi connectivity index (χ1v) is 6.13. The van der Waals surface area contributed by atoms with Crippen molar-refractivity contribution in [3.8, 4) is 5.69 Å². The summed E-state index contributed by atoms with van der Waals surface area (Å²) in [5, 5.41) is 0. The highest BCUT2D eigenvalue weighted by Gasteiger charge is 2.03. The van der Waals surface area contributed by atoms with Crippen molar-refractivity contribution in [2.75, 3.05) is 6.54 Å². The van der Waals surface area contributed by atoms with Gasteiger partial charge in [0.2, 0.25) is 0 Å². The number of hydrogen-bond acceptors (Lipinski definition) is 1. The zero-order valence-corrected chi connectivity index (χ0v) is 10.9. The lowest BCUT2D eigenvalue weighted by molar-refractivity contribution is 0.960. The molecule has 0 amide bonds. The van der Waals surface area contributed by atoms with E-state index in [-0.39, 0.29) is 0 Å². The van der Waals surface area contributed by atoms with Crippen LogP contribution in [0.2, 0.25) is 0 Å². The summed E-state index contributed by atoms with van der Waals surface area (Å²) in [6.45, 7) is 2.78. The average molecular weight is 279 g/mol. The standard InChI is InChI=1S/C13H15BrN2/c1-10-2-3-13(12(14)8-10)16-7-5-11(9-16)4-6-15/h2-3,5,7-9H,4,6,15H2,1H3. The third kappa shape index (κ3) is 2.36. The second-order valence-electron chi connectivity index (χ2n) is 3.92. The minimum atomic E-state index is 0.694. The molecule has 16 heavy (non-hydrogen) atoms. The molecule has 0 saturated carbocycles. The van der Waals surface area contributed by atoms with E-state index in [2.05, 4.69) is 64.1 Å². The zero-order chi connectivity index (χ0) is 11.5. The highest BCUT2D eigenvalue weighted by Crippen LogP contribution is 2.23. The molecular formula is C13H15BrN2. The van der Waals surface area contributed by atoms with Gasteiger partial charge >= 0.3 is 0 Å². The van der Waals surface area contributed by atoms with E-state index in [9.17, 15) is 0 Å². The van der Waals surface area contributed by atoms with E-state index < -0.39 is 0 Å². The number of nitrogens with zero attached hydrogens (tertiary/aromatic N) is 1. The molecule has 0 atom stereocenters. The molecule has 1 aromatic carbocycles. The quantitative estimate of drug-likeness (QED) is 0.919. The van der Waals surface area contributed by atoms with Crippen LogP contribution >= 0.6 is 15.9 Å². The normalized spacial score (nSPS) is 10.7. The van der Waals surface area contributed by atoms with Gasteiger partial charge in [-0.3, -0.25) is 0 Å². The van der Waals surface area contributed by atoms with Crippen LogP contribution in [-0.4, -0.2) is 11.1 Å². The molecule has 0 radical (unpaired) electrons. The van der Waals surface area contributed by atoms with Crippen molar-refractivity contribution < 1.29 is 0 Å². The number of benzene rings is 1. The first kappa shape index (κ1) is 11.4. The van der Waals surface area contributed by atoms with Gasteiger partial charge in [0.05, 0.1) is 5.69 Å². The molecule has 0 spiro atoms. The Labute approximate surface area is 104 Å². The van der Waals surface area contributed by atoms with Gasteiger partial charge in [-0.25, -0.2) is 0 Å². The highest BCUT2D eigenvalue weighted by molar-refractivity contribution is 9.10. The van der Waals surface area contributed by atoms with Gasteiger partial charge in [0, 0.05) is 16.9 Å². The van der Waals surface area contributed by atoms with E-state index in [1.807, 2.05) is 0 Å². The molecule has 0 saturated heterocycles. The van der Waals surface area contributed by atoms with Crippen LogP contribution in [0, 0.1) is 6.92 Å². The van der Waals surface area contributed by atoms with Crippen LogP contribution in [0.25, 0.3) is 5.69 Å². The summed E-state index contributed by atoms with van der Waals surface area (Å²) in [5.41, 5.74) is 9.23. The number of aromatic nitrogens is 1.